The highest BCUT2D eigenvalue weighted by Crippen LogP contribution is 2.30. The van der Waals surface area contributed by atoms with Crippen LogP contribution in [0.4, 0.5) is 0 Å². The van der Waals surface area contributed by atoms with Crippen molar-refractivity contribution in [1.29, 1.82) is 0 Å². The second kappa shape index (κ2) is 6.32. The minimum absolute atomic E-state index is 0.00866. The number of carbonyl (C=O) groups excluding carboxylic acids is 2. The quantitative estimate of drug-likeness (QED) is 0.868. The summed E-state index contributed by atoms with van der Waals surface area (Å²) in [5.74, 6) is -0.270. The van der Waals surface area contributed by atoms with E-state index in [0.717, 1.165) is 16.7 Å². The summed E-state index contributed by atoms with van der Waals surface area (Å²) in [6.45, 7) is 6.53. The topological polar surface area (TPSA) is 40.6 Å². The molecule has 0 atom stereocenters. The van der Waals surface area contributed by atoms with Gasteiger partial charge in [0, 0.05) is 30.4 Å². The van der Waals surface area contributed by atoms with Crippen LogP contribution in [0, 0.1) is 6.92 Å². The van der Waals surface area contributed by atoms with Gasteiger partial charge in [0.1, 0.15) is 6.54 Å². The maximum atomic E-state index is 12.5. The Morgan fingerprint density at radius 3 is 2.38 bits per heavy atom. The summed E-state index contributed by atoms with van der Waals surface area (Å²) in [5.41, 5.74) is 4.25. The Morgan fingerprint density at radius 1 is 1.08 bits per heavy atom. The van der Waals surface area contributed by atoms with Gasteiger partial charge in [-0.05, 0) is 24.1 Å². The molecule has 2 aromatic rings. The van der Waals surface area contributed by atoms with Crippen molar-refractivity contribution in [3.05, 3.63) is 77.4 Å². The summed E-state index contributed by atoms with van der Waals surface area (Å²) in [5, 5.41) is 0. The van der Waals surface area contributed by atoms with Crippen LogP contribution >= 0.6 is 0 Å². The Morgan fingerprint density at radius 2 is 1.71 bits per heavy atom. The van der Waals surface area contributed by atoms with E-state index in [0.29, 0.717) is 17.8 Å². The van der Waals surface area contributed by atoms with Crippen molar-refractivity contribution in [2.24, 2.45) is 0 Å². The number of benzene rings is 2. The number of aryl methyl sites for hydroxylation is 1. The second-order valence-corrected chi connectivity index (χ2v) is 6.06. The van der Waals surface area contributed by atoms with Crippen molar-refractivity contribution in [2.75, 3.05) is 13.6 Å². The SMILES string of the molecule is C=C1c2ccccc2C(=O)N1CC(=O)N(C)Cc1ccccc1C. The van der Waals surface area contributed by atoms with Crippen molar-refractivity contribution in [3.63, 3.8) is 0 Å². The molecule has 1 aliphatic heterocycles. The van der Waals surface area contributed by atoms with E-state index in [4.69, 9.17) is 0 Å². The Bertz CT molecular complexity index is 791. The maximum Gasteiger partial charge on any atom is 0.259 e. The van der Waals surface area contributed by atoms with Gasteiger partial charge in [0.25, 0.3) is 5.91 Å². The number of fused-ring (bicyclic) bond motifs is 1. The molecule has 0 saturated heterocycles. The number of carbonyl (C=O) groups is 2. The van der Waals surface area contributed by atoms with E-state index in [9.17, 15) is 9.59 Å². The van der Waals surface area contributed by atoms with Crippen LogP contribution in [0.5, 0.6) is 0 Å². The number of hydrogen-bond donors (Lipinski definition) is 0. The number of hydrogen-bond acceptors (Lipinski definition) is 2. The lowest BCUT2D eigenvalue weighted by molar-refractivity contribution is -0.130. The fourth-order valence-electron chi connectivity index (χ4n) is 2.89. The van der Waals surface area contributed by atoms with Gasteiger partial charge in [-0.2, -0.15) is 0 Å². The third-order valence-corrected chi connectivity index (χ3v) is 4.43. The van der Waals surface area contributed by atoms with Gasteiger partial charge in [0.15, 0.2) is 0 Å². The van der Waals surface area contributed by atoms with E-state index in [1.807, 2.05) is 49.4 Å². The Labute approximate surface area is 142 Å². The zero-order valence-corrected chi connectivity index (χ0v) is 14.0. The van der Waals surface area contributed by atoms with Gasteiger partial charge in [-0.25, -0.2) is 0 Å². The van der Waals surface area contributed by atoms with Crippen LogP contribution in [-0.2, 0) is 11.3 Å². The van der Waals surface area contributed by atoms with E-state index >= 15 is 0 Å². The minimum Gasteiger partial charge on any atom is -0.340 e. The van der Waals surface area contributed by atoms with Crippen molar-refractivity contribution in [3.8, 4) is 0 Å². The Hall–Kier alpha value is -2.88. The molecule has 0 saturated carbocycles. The minimum atomic E-state index is -0.159. The summed E-state index contributed by atoms with van der Waals surface area (Å²) in [4.78, 5) is 28.1. The Balaban J connectivity index is 1.70. The van der Waals surface area contributed by atoms with Crippen molar-refractivity contribution < 1.29 is 9.59 Å². The summed E-state index contributed by atoms with van der Waals surface area (Å²) in [7, 11) is 1.76. The molecule has 2 amide bonds. The zero-order valence-electron chi connectivity index (χ0n) is 14.0. The van der Waals surface area contributed by atoms with Gasteiger partial charge in [0.2, 0.25) is 5.91 Å². The highest BCUT2D eigenvalue weighted by molar-refractivity contribution is 6.10. The molecule has 3 rings (SSSR count). The molecule has 2 aromatic carbocycles. The lowest BCUT2D eigenvalue weighted by Gasteiger charge is -2.23. The van der Waals surface area contributed by atoms with Gasteiger partial charge in [-0.1, -0.05) is 49.0 Å². The summed E-state index contributed by atoms with van der Waals surface area (Å²) >= 11 is 0. The van der Waals surface area contributed by atoms with Gasteiger partial charge in [0.05, 0.1) is 0 Å². The monoisotopic (exact) mass is 320 g/mol. The van der Waals surface area contributed by atoms with E-state index < -0.39 is 0 Å². The van der Waals surface area contributed by atoms with Gasteiger partial charge in [-0.15, -0.1) is 0 Å². The van der Waals surface area contributed by atoms with Crippen molar-refractivity contribution in [2.45, 2.75) is 13.5 Å². The molecule has 0 aromatic heterocycles. The lowest BCUT2D eigenvalue weighted by Crippen LogP contribution is -2.37. The highest BCUT2D eigenvalue weighted by atomic mass is 16.2. The molecule has 0 spiro atoms. The van der Waals surface area contributed by atoms with Gasteiger partial charge < -0.3 is 4.90 Å². The number of nitrogens with zero attached hydrogens (tertiary/aromatic N) is 2. The molecule has 0 aliphatic carbocycles. The van der Waals surface area contributed by atoms with E-state index in [1.165, 1.54) is 4.90 Å². The fraction of sp³-hybridized carbons (Fsp3) is 0.200. The third-order valence-electron chi connectivity index (χ3n) is 4.43. The average molecular weight is 320 g/mol. The van der Waals surface area contributed by atoms with Crippen LogP contribution in [0.25, 0.3) is 5.70 Å². The summed E-state index contributed by atoms with van der Waals surface area (Å²) in [6.07, 6.45) is 0. The van der Waals surface area contributed by atoms with Gasteiger partial charge in [-0.3, -0.25) is 14.5 Å². The number of amides is 2. The number of likely N-dealkylation sites (N-methyl/N-ethyl adjacent to an activating group) is 1. The molecule has 0 unspecified atom stereocenters. The summed E-state index contributed by atoms with van der Waals surface area (Å²) < 4.78 is 0. The molecule has 0 N–H and O–H groups in total. The molecule has 1 heterocycles. The predicted molar refractivity (Wildman–Crippen MR) is 94.2 cm³/mol. The van der Waals surface area contributed by atoms with E-state index in [-0.39, 0.29) is 18.4 Å². The average Bonchev–Trinajstić information content (AvgIpc) is 2.82. The fourth-order valence-corrected chi connectivity index (χ4v) is 2.89. The molecule has 122 valence electrons. The molecule has 0 radical (unpaired) electrons. The first-order valence-corrected chi connectivity index (χ1v) is 7.87. The van der Waals surface area contributed by atoms with Crippen LogP contribution in [0.2, 0.25) is 0 Å². The lowest BCUT2D eigenvalue weighted by atomic mass is 10.1. The largest absolute Gasteiger partial charge is 0.340 e. The van der Waals surface area contributed by atoms with Crippen molar-refractivity contribution in [1.82, 2.24) is 9.80 Å². The van der Waals surface area contributed by atoms with Gasteiger partial charge >= 0.3 is 0 Å². The molecule has 24 heavy (non-hydrogen) atoms. The molecule has 0 bridgehead atoms. The van der Waals surface area contributed by atoms with Crippen LogP contribution in [-0.4, -0.2) is 35.2 Å². The molecule has 4 nitrogen and oxygen atoms in total. The zero-order chi connectivity index (χ0) is 17.3. The van der Waals surface area contributed by atoms with Crippen LogP contribution in [0.1, 0.15) is 27.0 Å². The smallest absolute Gasteiger partial charge is 0.259 e. The normalized spacial score (nSPS) is 13.2. The predicted octanol–water partition coefficient (Wildman–Crippen LogP) is 3.08. The first kappa shape index (κ1) is 16.0. The van der Waals surface area contributed by atoms with Crippen LogP contribution in [0.15, 0.2) is 55.1 Å². The van der Waals surface area contributed by atoms with Crippen molar-refractivity contribution >= 4 is 17.5 Å². The molecular formula is C20H20N2O2. The summed E-state index contributed by atoms with van der Waals surface area (Å²) in [6, 6.07) is 15.3. The first-order valence-electron chi connectivity index (χ1n) is 7.87. The molecule has 1 aliphatic rings. The first-order chi connectivity index (χ1) is 11.5. The highest BCUT2D eigenvalue weighted by Gasteiger charge is 2.32. The van der Waals surface area contributed by atoms with E-state index in [1.54, 1.807) is 18.0 Å². The number of rotatable bonds is 4. The van der Waals surface area contributed by atoms with E-state index in [2.05, 4.69) is 6.58 Å². The second-order valence-electron chi connectivity index (χ2n) is 6.06. The standard InChI is InChI=1S/C20H20N2O2/c1-14-8-4-5-9-16(14)12-21(3)19(23)13-22-15(2)17-10-6-7-11-18(17)20(22)24/h4-11H,2,12-13H2,1,3H3. The van der Waals surface area contributed by atoms with Crippen LogP contribution < -0.4 is 0 Å². The molecule has 0 fully saturated rings. The third kappa shape index (κ3) is 2.83. The molecular weight excluding hydrogens is 300 g/mol. The maximum absolute atomic E-state index is 12.5. The van der Waals surface area contributed by atoms with Crippen LogP contribution in [0.3, 0.4) is 0 Å². The molecule has 4 heteroatoms. The Kier molecular flexibility index (Phi) is 4.21.